The lowest BCUT2D eigenvalue weighted by atomic mass is 9.88. The van der Waals surface area contributed by atoms with Gasteiger partial charge in [0.15, 0.2) is 5.82 Å². The molecule has 244 valence electrons. The summed E-state index contributed by atoms with van der Waals surface area (Å²) in [6, 6.07) is 12.8. The first-order chi connectivity index (χ1) is 21.8. The molecule has 1 aliphatic rings. The summed E-state index contributed by atoms with van der Waals surface area (Å²) in [4.78, 5) is 27.5. The van der Waals surface area contributed by atoms with Crippen molar-refractivity contribution in [2.75, 3.05) is 24.3 Å². The van der Waals surface area contributed by atoms with E-state index in [4.69, 9.17) is 21.1 Å². The van der Waals surface area contributed by atoms with Crippen molar-refractivity contribution in [2.45, 2.75) is 69.1 Å². The van der Waals surface area contributed by atoms with E-state index in [2.05, 4.69) is 25.0 Å². The number of hydrogen-bond donors (Lipinski definition) is 2. The van der Waals surface area contributed by atoms with E-state index < -0.39 is 20.9 Å². The summed E-state index contributed by atoms with van der Waals surface area (Å²) in [6.45, 7) is 6.02. The third-order valence-corrected chi connectivity index (χ3v) is 9.47. The molecule has 0 radical (unpaired) electrons. The van der Waals surface area contributed by atoms with Crippen molar-refractivity contribution in [3.8, 4) is 17.0 Å². The first-order valence-corrected chi connectivity index (χ1v) is 16.6. The van der Waals surface area contributed by atoms with Crippen LogP contribution in [0.25, 0.3) is 22.0 Å². The number of halogens is 2. The van der Waals surface area contributed by atoms with Gasteiger partial charge < -0.3 is 19.7 Å². The maximum Gasteiger partial charge on any atom is 0.410 e. The van der Waals surface area contributed by atoms with E-state index in [1.165, 1.54) is 26.4 Å². The number of para-hydroxylation sites is 1. The summed E-state index contributed by atoms with van der Waals surface area (Å²) < 4.78 is 54.0. The predicted molar refractivity (Wildman–Crippen MR) is 175 cm³/mol. The van der Waals surface area contributed by atoms with Crippen LogP contribution in [-0.2, 0) is 14.8 Å². The number of rotatable bonds is 8. The zero-order valence-electron chi connectivity index (χ0n) is 26.2. The Kier molecular flexibility index (Phi) is 9.54. The lowest BCUT2D eigenvalue weighted by Crippen LogP contribution is -2.53. The van der Waals surface area contributed by atoms with E-state index in [0.29, 0.717) is 22.4 Å². The molecule has 2 aromatic heterocycles. The number of fused-ring (bicyclic) bond motifs is 1. The summed E-state index contributed by atoms with van der Waals surface area (Å²) in [5.41, 5.74) is 1.20. The summed E-state index contributed by atoms with van der Waals surface area (Å²) in [5, 5.41) is 3.44. The summed E-state index contributed by atoms with van der Waals surface area (Å²) in [5.74, 6) is -0.652. The van der Waals surface area contributed by atoms with Crippen molar-refractivity contribution < 1.29 is 27.1 Å². The molecule has 0 bridgehead atoms. The fraction of sp³-hybridized carbons (Fsp3) is 0.375. The zero-order chi connectivity index (χ0) is 33.2. The van der Waals surface area contributed by atoms with Crippen molar-refractivity contribution in [3.63, 3.8) is 0 Å². The van der Waals surface area contributed by atoms with Gasteiger partial charge in [-0.25, -0.2) is 19.2 Å². The number of anilines is 2. The molecule has 14 heteroatoms. The molecule has 2 heterocycles. The smallest absolute Gasteiger partial charge is 0.410 e. The average Bonchev–Trinajstić information content (AvgIpc) is 3.01. The Balaban J connectivity index is 1.32. The minimum Gasteiger partial charge on any atom is -0.481 e. The molecule has 0 atom stereocenters. The number of carbonyl (C=O) groups excluding carboxylic acids is 1. The van der Waals surface area contributed by atoms with Crippen molar-refractivity contribution in [3.05, 3.63) is 65.6 Å². The van der Waals surface area contributed by atoms with Gasteiger partial charge in [-0.05, 0) is 82.3 Å². The summed E-state index contributed by atoms with van der Waals surface area (Å²) in [7, 11) is -1.69. The number of sulfonamides is 1. The van der Waals surface area contributed by atoms with Crippen LogP contribution in [0, 0.1) is 5.82 Å². The highest BCUT2D eigenvalue weighted by atomic mass is 35.5. The quantitative estimate of drug-likeness (QED) is 0.206. The largest absolute Gasteiger partial charge is 0.481 e. The Bertz CT molecular complexity index is 1860. The maximum atomic E-state index is 15.3. The SMILES string of the molecule is COC(=O)N(C1CCC(Nc2ncc3cc(-c4cc(F)c(S(=O)(=O)Nc5ccccc5Cl)nc4OC)ccc3n2)CC1)C(C)(C)C. The highest BCUT2D eigenvalue weighted by Gasteiger charge is 2.36. The lowest BCUT2D eigenvalue weighted by molar-refractivity contribution is 0.0440. The molecule has 11 nitrogen and oxygen atoms in total. The molecule has 1 fully saturated rings. The van der Waals surface area contributed by atoms with Gasteiger partial charge in [-0.3, -0.25) is 4.72 Å². The van der Waals surface area contributed by atoms with Crippen molar-refractivity contribution >= 4 is 50.3 Å². The molecular formula is C32H36ClFN6O5S. The van der Waals surface area contributed by atoms with Crippen LogP contribution in [0.4, 0.5) is 20.8 Å². The van der Waals surface area contributed by atoms with Gasteiger partial charge in [0, 0.05) is 34.8 Å². The molecule has 2 N–H and O–H groups in total. The number of amides is 1. The molecule has 1 saturated carbocycles. The van der Waals surface area contributed by atoms with E-state index in [1.54, 1.807) is 36.5 Å². The fourth-order valence-electron chi connectivity index (χ4n) is 5.74. The van der Waals surface area contributed by atoms with Gasteiger partial charge in [-0.2, -0.15) is 13.4 Å². The second-order valence-electron chi connectivity index (χ2n) is 12.0. The molecular weight excluding hydrogens is 635 g/mol. The predicted octanol–water partition coefficient (Wildman–Crippen LogP) is 6.88. The van der Waals surface area contributed by atoms with Crippen LogP contribution in [-0.4, -0.2) is 66.2 Å². The Morgan fingerprint density at radius 2 is 1.76 bits per heavy atom. The number of pyridine rings is 1. The van der Waals surface area contributed by atoms with E-state index in [0.717, 1.165) is 31.7 Å². The lowest BCUT2D eigenvalue weighted by Gasteiger charge is -2.43. The van der Waals surface area contributed by atoms with Gasteiger partial charge in [-0.15, -0.1) is 0 Å². The van der Waals surface area contributed by atoms with Crippen LogP contribution in [0.1, 0.15) is 46.5 Å². The highest BCUT2D eigenvalue weighted by Crippen LogP contribution is 2.35. The van der Waals surface area contributed by atoms with Crippen LogP contribution >= 0.6 is 11.6 Å². The molecule has 2 aromatic carbocycles. The summed E-state index contributed by atoms with van der Waals surface area (Å²) >= 11 is 6.08. The number of nitrogens with one attached hydrogen (secondary N) is 2. The minimum absolute atomic E-state index is 0.0766. The van der Waals surface area contributed by atoms with Gasteiger partial charge >= 0.3 is 6.09 Å². The standard InChI is InChI=1S/C32H36ClFN6O5S/c1-32(2,3)40(31(41)45-5)22-13-11-21(12-14-22)36-30-35-18-20-16-19(10-15-26(20)37-30)23-17-25(34)29(38-28(23)44-4)46(42,43)39-27-9-7-6-8-24(27)33/h6-10,15-18,21-22,39H,11-14H2,1-5H3,(H,35,36,37). The monoisotopic (exact) mass is 670 g/mol. The first-order valence-electron chi connectivity index (χ1n) is 14.7. The van der Waals surface area contributed by atoms with E-state index >= 15 is 4.39 Å². The van der Waals surface area contributed by atoms with Crippen LogP contribution in [0.15, 0.2) is 59.8 Å². The van der Waals surface area contributed by atoms with Crippen molar-refractivity contribution in [1.29, 1.82) is 0 Å². The third-order valence-electron chi connectivity index (χ3n) is 7.85. The minimum atomic E-state index is -4.42. The highest BCUT2D eigenvalue weighted by molar-refractivity contribution is 7.92. The normalized spacial score (nSPS) is 16.9. The summed E-state index contributed by atoms with van der Waals surface area (Å²) in [6.07, 6.45) is 4.68. The number of aromatic nitrogens is 3. The molecule has 46 heavy (non-hydrogen) atoms. The van der Waals surface area contributed by atoms with Gasteiger partial charge in [-0.1, -0.05) is 29.8 Å². The fourth-order valence-corrected chi connectivity index (χ4v) is 7.07. The maximum absolute atomic E-state index is 15.3. The third kappa shape index (κ3) is 7.10. The number of benzene rings is 2. The number of methoxy groups -OCH3 is 2. The number of nitrogens with zero attached hydrogens (tertiary/aromatic N) is 4. The molecule has 0 saturated heterocycles. The Hall–Kier alpha value is -4.23. The van der Waals surface area contributed by atoms with Gasteiger partial charge in [0.25, 0.3) is 10.0 Å². The Morgan fingerprint density at radius 3 is 2.41 bits per heavy atom. The first kappa shape index (κ1) is 33.1. The Morgan fingerprint density at radius 1 is 1.04 bits per heavy atom. The molecule has 0 aliphatic heterocycles. The van der Waals surface area contributed by atoms with E-state index in [9.17, 15) is 13.2 Å². The number of carbonyl (C=O) groups is 1. The second-order valence-corrected chi connectivity index (χ2v) is 14.1. The molecule has 1 amide bonds. The van der Waals surface area contributed by atoms with E-state index in [1.807, 2.05) is 25.7 Å². The van der Waals surface area contributed by atoms with E-state index in [-0.39, 0.29) is 45.9 Å². The molecule has 0 spiro atoms. The van der Waals surface area contributed by atoms with Crippen molar-refractivity contribution in [2.24, 2.45) is 0 Å². The van der Waals surface area contributed by atoms with Crippen molar-refractivity contribution in [1.82, 2.24) is 19.9 Å². The number of ether oxygens (including phenoxy) is 2. The van der Waals surface area contributed by atoms with Gasteiger partial charge in [0.1, 0.15) is 0 Å². The van der Waals surface area contributed by atoms with Crippen LogP contribution in [0.2, 0.25) is 5.02 Å². The number of hydrogen-bond acceptors (Lipinski definition) is 9. The molecule has 1 aliphatic carbocycles. The van der Waals surface area contributed by atoms with Crippen LogP contribution in [0.3, 0.4) is 0 Å². The Labute approximate surface area is 272 Å². The topological polar surface area (TPSA) is 136 Å². The average molecular weight is 671 g/mol. The molecule has 0 unspecified atom stereocenters. The van der Waals surface area contributed by atoms with Gasteiger partial charge in [0.05, 0.1) is 30.4 Å². The zero-order valence-corrected chi connectivity index (χ0v) is 27.7. The van der Waals surface area contributed by atoms with Gasteiger partial charge in [0.2, 0.25) is 16.9 Å². The van der Waals surface area contributed by atoms with Crippen LogP contribution < -0.4 is 14.8 Å². The second kappa shape index (κ2) is 13.2. The molecule has 4 aromatic rings. The van der Waals surface area contributed by atoms with Crippen LogP contribution in [0.5, 0.6) is 5.88 Å². The molecule has 5 rings (SSSR count).